The van der Waals surface area contributed by atoms with E-state index in [0.717, 1.165) is 5.69 Å². The van der Waals surface area contributed by atoms with Crippen molar-refractivity contribution in [1.29, 1.82) is 0 Å². The van der Waals surface area contributed by atoms with Gasteiger partial charge in [0.2, 0.25) is 5.91 Å². The molecule has 81 valence electrons. The van der Waals surface area contributed by atoms with Crippen molar-refractivity contribution in [3.63, 3.8) is 0 Å². The van der Waals surface area contributed by atoms with E-state index in [4.69, 9.17) is 4.74 Å². The van der Waals surface area contributed by atoms with E-state index in [9.17, 15) is 4.79 Å². The maximum Gasteiger partial charge on any atom is 0.244 e. The third kappa shape index (κ3) is 2.56. The van der Waals surface area contributed by atoms with Gasteiger partial charge >= 0.3 is 0 Å². The van der Waals surface area contributed by atoms with Gasteiger partial charge in [0.15, 0.2) is 0 Å². The van der Waals surface area contributed by atoms with Gasteiger partial charge in [-0.05, 0) is 6.92 Å². The highest BCUT2D eigenvalue weighted by molar-refractivity contribution is 5.75. The van der Waals surface area contributed by atoms with Crippen molar-refractivity contribution < 1.29 is 9.53 Å². The summed E-state index contributed by atoms with van der Waals surface area (Å²) in [6, 6.07) is 2.93. The highest BCUT2D eigenvalue weighted by Gasteiger charge is 2.16. The monoisotopic (exact) mass is 208 g/mol. The molecule has 1 aromatic heterocycles. The van der Waals surface area contributed by atoms with E-state index in [-0.39, 0.29) is 5.91 Å². The SMILES string of the molecule is Cc1[c]cn(CC(=O)N2CCOCC2)n1. The topological polar surface area (TPSA) is 47.4 Å². The lowest BCUT2D eigenvalue weighted by Crippen LogP contribution is -2.42. The van der Waals surface area contributed by atoms with Gasteiger partial charge in [0.1, 0.15) is 6.54 Å². The van der Waals surface area contributed by atoms with Crippen LogP contribution in [-0.2, 0) is 16.1 Å². The lowest BCUT2D eigenvalue weighted by atomic mass is 10.4. The van der Waals surface area contributed by atoms with Gasteiger partial charge in [-0.15, -0.1) is 0 Å². The highest BCUT2D eigenvalue weighted by Crippen LogP contribution is 2.00. The molecule has 2 heterocycles. The zero-order valence-corrected chi connectivity index (χ0v) is 8.77. The van der Waals surface area contributed by atoms with Gasteiger partial charge in [0.25, 0.3) is 0 Å². The Morgan fingerprint density at radius 2 is 2.33 bits per heavy atom. The van der Waals surface area contributed by atoms with Crippen LogP contribution in [0.1, 0.15) is 5.69 Å². The first kappa shape index (κ1) is 10.2. The molecule has 1 aromatic rings. The second-order valence-electron chi connectivity index (χ2n) is 3.55. The van der Waals surface area contributed by atoms with Crippen LogP contribution in [0.25, 0.3) is 0 Å². The first-order valence-electron chi connectivity index (χ1n) is 5.03. The van der Waals surface area contributed by atoms with E-state index in [2.05, 4.69) is 11.2 Å². The fourth-order valence-corrected chi connectivity index (χ4v) is 1.55. The van der Waals surface area contributed by atoms with E-state index >= 15 is 0 Å². The summed E-state index contributed by atoms with van der Waals surface area (Å²) in [6.45, 7) is 4.79. The summed E-state index contributed by atoms with van der Waals surface area (Å²) in [7, 11) is 0. The Morgan fingerprint density at radius 3 is 2.93 bits per heavy atom. The number of hydrogen-bond acceptors (Lipinski definition) is 3. The molecule has 15 heavy (non-hydrogen) atoms. The molecular weight excluding hydrogens is 194 g/mol. The minimum Gasteiger partial charge on any atom is -0.378 e. The van der Waals surface area contributed by atoms with Gasteiger partial charge in [-0.3, -0.25) is 9.48 Å². The molecule has 1 radical (unpaired) electrons. The Balaban J connectivity index is 1.91. The van der Waals surface area contributed by atoms with Gasteiger partial charge < -0.3 is 9.64 Å². The van der Waals surface area contributed by atoms with Crippen LogP contribution in [0.5, 0.6) is 0 Å². The molecule has 1 fully saturated rings. The maximum atomic E-state index is 11.8. The summed E-state index contributed by atoms with van der Waals surface area (Å²) < 4.78 is 6.80. The average Bonchev–Trinajstić information content (AvgIpc) is 2.65. The van der Waals surface area contributed by atoms with Gasteiger partial charge in [0.05, 0.1) is 18.9 Å². The third-order valence-electron chi connectivity index (χ3n) is 2.36. The number of amides is 1. The zero-order chi connectivity index (χ0) is 10.7. The number of aryl methyl sites for hydroxylation is 1. The van der Waals surface area contributed by atoms with Crippen LogP contribution in [-0.4, -0.2) is 46.9 Å². The Morgan fingerprint density at radius 1 is 1.60 bits per heavy atom. The first-order chi connectivity index (χ1) is 7.25. The molecule has 2 rings (SSSR count). The van der Waals surface area contributed by atoms with E-state index in [0.29, 0.717) is 32.8 Å². The second-order valence-corrected chi connectivity index (χ2v) is 3.55. The van der Waals surface area contributed by atoms with Gasteiger partial charge in [-0.2, -0.15) is 5.10 Å². The molecule has 1 amide bonds. The Labute approximate surface area is 88.6 Å². The fourth-order valence-electron chi connectivity index (χ4n) is 1.55. The predicted octanol–water partition coefficient (Wildman–Crippen LogP) is -0.149. The lowest BCUT2D eigenvalue weighted by Gasteiger charge is -2.26. The Kier molecular flexibility index (Phi) is 3.01. The van der Waals surface area contributed by atoms with Crippen molar-refractivity contribution in [3.8, 4) is 0 Å². The first-order valence-corrected chi connectivity index (χ1v) is 5.03. The molecule has 0 saturated carbocycles. The standard InChI is InChI=1S/C10H14N3O2/c1-9-2-3-13(11-9)8-10(14)12-4-6-15-7-5-12/h3H,4-8H2,1H3. The van der Waals surface area contributed by atoms with E-state index in [1.807, 2.05) is 6.92 Å². The minimum atomic E-state index is 0.0924. The number of carbonyl (C=O) groups is 1. The van der Waals surface area contributed by atoms with Crippen molar-refractivity contribution in [2.75, 3.05) is 26.3 Å². The number of carbonyl (C=O) groups excluding carboxylic acids is 1. The summed E-state index contributed by atoms with van der Waals surface area (Å²) in [4.78, 5) is 13.6. The summed E-state index contributed by atoms with van der Waals surface area (Å²) in [5.41, 5.74) is 0.810. The number of ether oxygens (including phenoxy) is 1. The third-order valence-corrected chi connectivity index (χ3v) is 2.36. The number of hydrogen-bond donors (Lipinski definition) is 0. The van der Waals surface area contributed by atoms with Crippen molar-refractivity contribution in [1.82, 2.24) is 14.7 Å². The van der Waals surface area contributed by atoms with Gasteiger partial charge in [0, 0.05) is 25.4 Å². The summed E-state index contributed by atoms with van der Waals surface area (Å²) >= 11 is 0. The molecule has 1 aliphatic heterocycles. The Bertz CT molecular complexity index is 342. The number of rotatable bonds is 2. The molecule has 0 bridgehead atoms. The highest BCUT2D eigenvalue weighted by atomic mass is 16.5. The molecule has 0 spiro atoms. The number of morpholine rings is 1. The molecule has 5 heteroatoms. The van der Waals surface area contributed by atoms with Gasteiger partial charge in [-0.1, -0.05) is 0 Å². The normalized spacial score (nSPS) is 16.7. The average molecular weight is 208 g/mol. The summed E-state index contributed by atoms with van der Waals surface area (Å²) in [6.07, 6.45) is 1.70. The van der Waals surface area contributed by atoms with Gasteiger partial charge in [-0.25, -0.2) is 0 Å². The van der Waals surface area contributed by atoms with Crippen molar-refractivity contribution in [2.24, 2.45) is 0 Å². The molecule has 0 aliphatic carbocycles. The van der Waals surface area contributed by atoms with Crippen LogP contribution in [0.3, 0.4) is 0 Å². The molecule has 1 aliphatic rings. The molecule has 0 N–H and O–H groups in total. The molecule has 0 atom stereocenters. The van der Waals surface area contributed by atoms with E-state index in [1.54, 1.807) is 15.8 Å². The largest absolute Gasteiger partial charge is 0.378 e. The van der Waals surface area contributed by atoms with Crippen LogP contribution in [0.2, 0.25) is 0 Å². The van der Waals surface area contributed by atoms with Crippen LogP contribution in [0.4, 0.5) is 0 Å². The maximum absolute atomic E-state index is 11.8. The number of aromatic nitrogens is 2. The van der Waals surface area contributed by atoms with Crippen LogP contribution in [0, 0.1) is 13.0 Å². The minimum absolute atomic E-state index is 0.0924. The molecule has 5 nitrogen and oxygen atoms in total. The van der Waals surface area contributed by atoms with Crippen LogP contribution < -0.4 is 0 Å². The van der Waals surface area contributed by atoms with Crippen molar-refractivity contribution in [3.05, 3.63) is 18.0 Å². The van der Waals surface area contributed by atoms with Crippen LogP contribution >= 0.6 is 0 Å². The molecule has 0 unspecified atom stereocenters. The molecule has 0 aromatic carbocycles. The molecule has 1 saturated heterocycles. The van der Waals surface area contributed by atoms with E-state index < -0.39 is 0 Å². The fraction of sp³-hybridized carbons (Fsp3) is 0.600. The zero-order valence-electron chi connectivity index (χ0n) is 8.77. The molecular formula is C10H14N3O2. The summed E-state index contributed by atoms with van der Waals surface area (Å²) in [5.74, 6) is 0.0924. The van der Waals surface area contributed by atoms with Crippen molar-refractivity contribution >= 4 is 5.91 Å². The summed E-state index contributed by atoms with van der Waals surface area (Å²) in [5, 5.41) is 4.13. The second kappa shape index (κ2) is 4.44. The van der Waals surface area contributed by atoms with Crippen LogP contribution in [0.15, 0.2) is 6.20 Å². The van der Waals surface area contributed by atoms with E-state index in [1.165, 1.54) is 0 Å². The number of nitrogens with zero attached hydrogens (tertiary/aromatic N) is 3. The quantitative estimate of drug-likeness (QED) is 0.679. The predicted molar refractivity (Wildman–Crippen MR) is 53.2 cm³/mol. The lowest BCUT2D eigenvalue weighted by molar-refractivity contribution is -0.136. The van der Waals surface area contributed by atoms with Crippen molar-refractivity contribution in [2.45, 2.75) is 13.5 Å². The smallest absolute Gasteiger partial charge is 0.244 e. The Hall–Kier alpha value is -1.36.